The largest absolute Gasteiger partial charge is 0.352 e. The molecule has 1 unspecified atom stereocenters. The Morgan fingerprint density at radius 1 is 1.12 bits per heavy atom. The Kier molecular flexibility index (Phi) is 8.40. The van der Waals surface area contributed by atoms with Gasteiger partial charge in [0, 0.05) is 13.1 Å². The first-order valence-corrected chi connectivity index (χ1v) is 11.1. The van der Waals surface area contributed by atoms with Crippen molar-refractivity contribution >= 4 is 29.5 Å². The van der Waals surface area contributed by atoms with Crippen LogP contribution in [-0.2, 0) is 19.2 Å². The standard InChI is InChI=1S/C22H35N5O5/c1-5-10-24-19(30)16(28)14(12-13-8-9-13)25-18(29)15-7-6-11-27(15)20(31)17(22(2,3)4)26-21(23)32/h5,13-15,17H,1,6-12H2,2-4H3,(H,24,30)(H,25,29)(H3,23,26,32)/t14?,15-,17+/m0/s1. The van der Waals surface area contributed by atoms with Crippen LogP contribution < -0.4 is 21.7 Å². The topological polar surface area (TPSA) is 151 Å². The summed E-state index contributed by atoms with van der Waals surface area (Å²) in [5, 5.41) is 7.65. The first-order chi connectivity index (χ1) is 15.0. The van der Waals surface area contributed by atoms with Gasteiger partial charge in [0.1, 0.15) is 12.1 Å². The summed E-state index contributed by atoms with van der Waals surface area (Å²) in [4.78, 5) is 64.0. The number of urea groups is 1. The lowest BCUT2D eigenvalue weighted by molar-refractivity contribution is -0.143. The second kappa shape index (κ2) is 10.6. The minimum absolute atomic E-state index is 0.153. The molecule has 1 aliphatic carbocycles. The highest BCUT2D eigenvalue weighted by Gasteiger charge is 2.43. The molecular weight excluding hydrogens is 414 g/mol. The van der Waals surface area contributed by atoms with Crippen molar-refractivity contribution in [3.63, 3.8) is 0 Å². The molecule has 1 heterocycles. The van der Waals surface area contributed by atoms with Crippen molar-refractivity contribution in [2.45, 2.75) is 71.0 Å². The molecule has 10 nitrogen and oxygen atoms in total. The summed E-state index contributed by atoms with van der Waals surface area (Å²) >= 11 is 0. The minimum atomic E-state index is -0.945. The average molecular weight is 450 g/mol. The molecule has 2 aliphatic rings. The highest BCUT2D eigenvalue weighted by Crippen LogP contribution is 2.34. The Morgan fingerprint density at radius 3 is 2.31 bits per heavy atom. The van der Waals surface area contributed by atoms with Crippen LogP contribution in [0.15, 0.2) is 12.7 Å². The first-order valence-electron chi connectivity index (χ1n) is 11.1. The summed E-state index contributed by atoms with van der Waals surface area (Å²) in [6.07, 6.45) is 4.80. The van der Waals surface area contributed by atoms with Gasteiger partial charge in [-0.15, -0.1) is 6.58 Å². The summed E-state index contributed by atoms with van der Waals surface area (Å²) in [6, 6.07) is -3.45. The van der Waals surface area contributed by atoms with Gasteiger partial charge in [0.05, 0.1) is 6.04 Å². The van der Waals surface area contributed by atoms with Gasteiger partial charge in [0.25, 0.3) is 5.91 Å². The number of nitrogens with two attached hydrogens (primary N) is 1. The lowest BCUT2D eigenvalue weighted by Crippen LogP contribution is -2.59. The molecule has 0 bridgehead atoms. The smallest absolute Gasteiger partial charge is 0.312 e. The molecule has 0 aromatic rings. The van der Waals surface area contributed by atoms with Crippen molar-refractivity contribution in [1.29, 1.82) is 0 Å². The van der Waals surface area contributed by atoms with Gasteiger partial charge >= 0.3 is 6.03 Å². The van der Waals surface area contributed by atoms with Crippen LogP contribution >= 0.6 is 0 Å². The van der Waals surface area contributed by atoms with Gasteiger partial charge < -0.3 is 26.6 Å². The molecule has 2 fully saturated rings. The molecule has 32 heavy (non-hydrogen) atoms. The summed E-state index contributed by atoms with van der Waals surface area (Å²) in [7, 11) is 0. The summed E-state index contributed by atoms with van der Waals surface area (Å²) in [6.45, 7) is 9.39. The van der Waals surface area contributed by atoms with Gasteiger partial charge in [0.2, 0.25) is 17.6 Å². The molecule has 178 valence electrons. The maximum Gasteiger partial charge on any atom is 0.312 e. The van der Waals surface area contributed by atoms with Crippen LogP contribution in [0.3, 0.4) is 0 Å². The van der Waals surface area contributed by atoms with Crippen LogP contribution in [0, 0.1) is 11.3 Å². The zero-order chi connectivity index (χ0) is 24.1. The van der Waals surface area contributed by atoms with Crippen LogP contribution in [0.2, 0.25) is 0 Å². The number of carbonyl (C=O) groups is 5. The van der Waals surface area contributed by atoms with Crippen molar-refractivity contribution in [1.82, 2.24) is 20.9 Å². The third-order valence-corrected chi connectivity index (χ3v) is 5.77. The van der Waals surface area contributed by atoms with E-state index >= 15 is 0 Å². The molecule has 0 spiro atoms. The van der Waals surface area contributed by atoms with Crippen LogP contribution in [0.5, 0.6) is 0 Å². The molecule has 1 saturated heterocycles. The number of hydrogen-bond donors (Lipinski definition) is 4. The van der Waals surface area contributed by atoms with Gasteiger partial charge in [-0.3, -0.25) is 19.2 Å². The maximum atomic E-state index is 13.2. The molecule has 5 N–H and O–H groups in total. The molecule has 0 radical (unpaired) electrons. The minimum Gasteiger partial charge on any atom is -0.352 e. The van der Waals surface area contributed by atoms with Gasteiger partial charge in [-0.1, -0.05) is 39.7 Å². The number of primary amides is 1. The summed E-state index contributed by atoms with van der Waals surface area (Å²) in [5.74, 6) is -2.05. The second-order valence-electron chi connectivity index (χ2n) is 9.60. The molecule has 2 rings (SSSR count). The Hall–Kier alpha value is -2.91. The molecule has 0 aromatic heterocycles. The van der Waals surface area contributed by atoms with Crippen LogP contribution in [0.1, 0.15) is 52.9 Å². The number of amides is 5. The Bertz CT molecular complexity index is 771. The Balaban J connectivity index is 2.13. The van der Waals surface area contributed by atoms with Crippen molar-refractivity contribution < 1.29 is 24.0 Å². The molecule has 3 atom stereocenters. The zero-order valence-corrected chi connectivity index (χ0v) is 19.1. The number of carbonyl (C=O) groups excluding carboxylic acids is 5. The van der Waals surface area contributed by atoms with Gasteiger partial charge in [0.15, 0.2) is 0 Å². The van der Waals surface area contributed by atoms with E-state index in [4.69, 9.17) is 5.73 Å². The third-order valence-electron chi connectivity index (χ3n) is 5.77. The predicted molar refractivity (Wildman–Crippen MR) is 118 cm³/mol. The van der Waals surface area contributed by atoms with Crippen LogP contribution in [-0.4, -0.2) is 65.7 Å². The number of nitrogens with zero attached hydrogens (tertiary/aromatic N) is 1. The molecular formula is C22H35N5O5. The van der Waals surface area contributed by atoms with Gasteiger partial charge in [-0.2, -0.15) is 0 Å². The normalized spacial score (nSPS) is 20.1. The number of Topliss-reactive ketones (excluding diaryl/α,β-unsaturated/α-hetero) is 1. The highest BCUT2D eigenvalue weighted by atomic mass is 16.2. The van der Waals surface area contributed by atoms with Crippen molar-refractivity contribution in [2.75, 3.05) is 13.1 Å². The fourth-order valence-electron chi connectivity index (χ4n) is 3.86. The molecule has 1 saturated carbocycles. The summed E-state index contributed by atoms with van der Waals surface area (Å²) < 4.78 is 0. The van der Waals surface area contributed by atoms with E-state index in [0.717, 1.165) is 12.8 Å². The molecule has 0 aromatic carbocycles. The number of ketones is 1. The maximum absolute atomic E-state index is 13.2. The second-order valence-corrected chi connectivity index (χ2v) is 9.60. The van der Waals surface area contributed by atoms with Gasteiger partial charge in [-0.25, -0.2) is 4.79 Å². The van der Waals surface area contributed by atoms with Gasteiger partial charge in [-0.05, 0) is 30.6 Å². The van der Waals surface area contributed by atoms with Crippen molar-refractivity contribution in [3.05, 3.63) is 12.7 Å². The van der Waals surface area contributed by atoms with E-state index in [1.807, 2.05) is 0 Å². The van der Waals surface area contributed by atoms with E-state index in [1.54, 1.807) is 20.8 Å². The van der Waals surface area contributed by atoms with E-state index in [1.165, 1.54) is 11.0 Å². The predicted octanol–water partition coefficient (Wildman–Crippen LogP) is 0.217. The highest BCUT2D eigenvalue weighted by molar-refractivity contribution is 6.38. The van der Waals surface area contributed by atoms with E-state index in [9.17, 15) is 24.0 Å². The van der Waals surface area contributed by atoms with E-state index < -0.39 is 53.1 Å². The lowest BCUT2D eigenvalue weighted by atomic mass is 9.85. The van der Waals surface area contributed by atoms with Crippen molar-refractivity contribution in [3.8, 4) is 0 Å². The lowest BCUT2D eigenvalue weighted by Gasteiger charge is -2.35. The SMILES string of the molecule is C=CCNC(=O)C(=O)C(CC1CC1)NC(=O)[C@@H]1CCCN1C(=O)[C@@H](NC(N)=O)C(C)(C)C. The number of nitrogens with one attached hydrogen (secondary N) is 3. The van der Waals surface area contributed by atoms with Crippen LogP contribution in [0.4, 0.5) is 4.79 Å². The monoisotopic (exact) mass is 449 g/mol. The fraction of sp³-hybridized carbons (Fsp3) is 0.682. The fourth-order valence-corrected chi connectivity index (χ4v) is 3.86. The van der Waals surface area contributed by atoms with E-state index in [0.29, 0.717) is 31.7 Å². The van der Waals surface area contributed by atoms with E-state index in [-0.39, 0.29) is 6.54 Å². The summed E-state index contributed by atoms with van der Waals surface area (Å²) in [5.41, 5.74) is 4.63. The number of hydrogen-bond acceptors (Lipinski definition) is 5. The number of rotatable bonds is 10. The third kappa shape index (κ3) is 6.80. The number of likely N-dealkylation sites (tertiary alicyclic amines) is 1. The average Bonchev–Trinajstić information content (AvgIpc) is 3.39. The van der Waals surface area contributed by atoms with E-state index in [2.05, 4.69) is 22.5 Å². The molecule has 1 aliphatic heterocycles. The Labute approximate surface area is 188 Å². The Morgan fingerprint density at radius 2 is 1.78 bits per heavy atom. The first kappa shape index (κ1) is 25.4. The van der Waals surface area contributed by atoms with Crippen molar-refractivity contribution in [2.24, 2.45) is 17.1 Å². The van der Waals surface area contributed by atoms with Crippen LogP contribution in [0.25, 0.3) is 0 Å². The molecule has 10 heteroatoms. The zero-order valence-electron chi connectivity index (χ0n) is 19.1. The molecule has 5 amide bonds. The quantitative estimate of drug-likeness (QED) is 0.278.